The SMILES string of the molecule is CCCCCCCCCCCC(O)CCCCCCCC.CCCCCCCCCCCCCCCC(=O)O. The lowest BCUT2D eigenvalue weighted by atomic mass is 10.0. The van der Waals surface area contributed by atoms with Crippen molar-refractivity contribution in [3.63, 3.8) is 0 Å². The van der Waals surface area contributed by atoms with Crippen molar-refractivity contribution in [3.8, 4) is 0 Å². The van der Waals surface area contributed by atoms with Crippen molar-refractivity contribution in [2.75, 3.05) is 0 Å². The van der Waals surface area contributed by atoms with Crippen LogP contribution in [0.15, 0.2) is 0 Å². The van der Waals surface area contributed by atoms with E-state index >= 15 is 0 Å². The largest absolute Gasteiger partial charge is 0.481 e. The zero-order valence-electron chi connectivity index (χ0n) is 27.3. The van der Waals surface area contributed by atoms with Crippen LogP contribution in [0.1, 0.15) is 220 Å². The van der Waals surface area contributed by atoms with Crippen LogP contribution in [0.25, 0.3) is 0 Å². The van der Waals surface area contributed by atoms with Crippen molar-refractivity contribution in [2.45, 2.75) is 226 Å². The van der Waals surface area contributed by atoms with Gasteiger partial charge in [-0.2, -0.15) is 0 Å². The number of aliphatic hydroxyl groups excluding tert-OH is 1. The van der Waals surface area contributed by atoms with Gasteiger partial charge in [-0.05, 0) is 19.3 Å². The lowest BCUT2D eigenvalue weighted by Gasteiger charge is -2.10. The van der Waals surface area contributed by atoms with Crippen LogP contribution in [0, 0.1) is 0 Å². The van der Waals surface area contributed by atoms with Gasteiger partial charge in [0.05, 0.1) is 6.10 Å². The molecular weight excluding hydrogens is 480 g/mol. The number of hydrogen-bond donors (Lipinski definition) is 2. The van der Waals surface area contributed by atoms with Gasteiger partial charge in [0.25, 0.3) is 0 Å². The third kappa shape index (κ3) is 42.0. The Balaban J connectivity index is 0. The van der Waals surface area contributed by atoms with Crippen molar-refractivity contribution < 1.29 is 15.0 Å². The lowest BCUT2D eigenvalue weighted by Crippen LogP contribution is -2.05. The summed E-state index contributed by atoms with van der Waals surface area (Å²) in [5, 5.41) is 18.4. The molecule has 0 bridgehead atoms. The minimum atomic E-state index is -0.655. The third-order valence-corrected chi connectivity index (χ3v) is 8.03. The first-order valence-corrected chi connectivity index (χ1v) is 18.0. The molecule has 0 fully saturated rings. The molecule has 0 radical (unpaired) electrons. The second-order valence-electron chi connectivity index (χ2n) is 12.2. The number of unbranched alkanes of at least 4 members (excludes halogenated alkanes) is 25. The Morgan fingerprint density at radius 2 is 0.641 bits per heavy atom. The summed E-state index contributed by atoms with van der Waals surface area (Å²) in [4.78, 5) is 10.3. The Labute approximate surface area is 246 Å². The van der Waals surface area contributed by atoms with Crippen LogP contribution in [0.2, 0.25) is 0 Å². The average molecular weight is 555 g/mol. The fourth-order valence-electron chi connectivity index (χ4n) is 5.29. The van der Waals surface area contributed by atoms with Crippen molar-refractivity contribution >= 4 is 5.97 Å². The molecule has 0 heterocycles. The quantitative estimate of drug-likeness (QED) is 0.0838. The summed E-state index contributed by atoms with van der Waals surface area (Å²) in [7, 11) is 0. The first-order chi connectivity index (χ1) is 19.1. The van der Waals surface area contributed by atoms with Crippen molar-refractivity contribution in [3.05, 3.63) is 0 Å². The Kier molecular flexibility index (Phi) is 38.9. The predicted molar refractivity (Wildman–Crippen MR) is 174 cm³/mol. The number of aliphatic hydroxyl groups is 1. The maximum absolute atomic E-state index is 10.3. The molecule has 0 aliphatic heterocycles. The molecule has 236 valence electrons. The molecule has 0 aromatic carbocycles. The smallest absolute Gasteiger partial charge is 0.303 e. The standard InChI is InChI=1S/C20H42O.C16H32O2/c1-3-5-7-9-11-12-13-15-17-19-20(21)18-16-14-10-8-6-4-2;1-2-3-4-5-6-7-8-9-10-11-12-13-14-15-16(17)18/h20-21H,3-19H2,1-2H3;2-15H2,1H3,(H,17,18). The Hall–Kier alpha value is -0.570. The van der Waals surface area contributed by atoms with Crippen molar-refractivity contribution in [1.82, 2.24) is 0 Å². The first kappa shape index (κ1) is 40.6. The van der Waals surface area contributed by atoms with E-state index in [1.165, 1.54) is 167 Å². The number of carboxylic acids is 1. The van der Waals surface area contributed by atoms with Gasteiger partial charge in [0.15, 0.2) is 0 Å². The van der Waals surface area contributed by atoms with Gasteiger partial charge in [0, 0.05) is 6.42 Å². The van der Waals surface area contributed by atoms with Gasteiger partial charge in [-0.25, -0.2) is 0 Å². The van der Waals surface area contributed by atoms with Gasteiger partial charge in [0.2, 0.25) is 0 Å². The van der Waals surface area contributed by atoms with Crippen LogP contribution in [-0.4, -0.2) is 22.3 Å². The normalized spacial score (nSPS) is 11.8. The van der Waals surface area contributed by atoms with Gasteiger partial charge in [-0.15, -0.1) is 0 Å². The monoisotopic (exact) mass is 555 g/mol. The fourth-order valence-corrected chi connectivity index (χ4v) is 5.29. The number of aliphatic carboxylic acids is 1. The zero-order valence-corrected chi connectivity index (χ0v) is 27.3. The lowest BCUT2D eigenvalue weighted by molar-refractivity contribution is -0.137. The second-order valence-corrected chi connectivity index (χ2v) is 12.2. The van der Waals surface area contributed by atoms with Crippen molar-refractivity contribution in [1.29, 1.82) is 0 Å². The molecule has 0 aromatic rings. The molecule has 3 heteroatoms. The van der Waals surface area contributed by atoms with E-state index in [9.17, 15) is 9.90 Å². The maximum Gasteiger partial charge on any atom is 0.303 e. The number of rotatable bonds is 31. The van der Waals surface area contributed by atoms with Gasteiger partial charge < -0.3 is 10.2 Å². The van der Waals surface area contributed by atoms with Crippen LogP contribution >= 0.6 is 0 Å². The molecule has 0 spiro atoms. The third-order valence-electron chi connectivity index (χ3n) is 8.03. The molecule has 0 rings (SSSR count). The van der Waals surface area contributed by atoms with Crippen LogP contribution in [0.3, 0.4) is 0 Å². The summed E-state index contributed by atoms with van der Waals surface area (Å²) in [5.41, 5.74) is 0. The highest BCUT2D eigenvalue weighted by Gasteiger charge is 2.03. The van der Waals surface area contributed by atoms with Crippen LogP contribution < -0.4 is 0 Å². The highest BCUT2D eigenvalue weighted by molar-refractivity contribution is 5.66. The molecule has 0 aliphatic rings. The van der Waals surface area contributed by atoms with Gasteiger partial charge in [-0.1, -0.05) is 194 Å². The summed E-state index contributed by atoms with van der Waals surface area (Å²) in [6.45, 7) is 6.79. The van der Waals surface area contributed by atoms with E-state index < -0.39 is 5.97 Å². The topological polar surface area (TPSA) is 57.5 Å². The zero-order chi connectivity index (χ0) is 29.1. The molecule has 1 unspecified atom stereocenters. The van der Waals surface area contributed by atoms with E-state index in [1.807, 2.05) is 0 Å². The second kappa shape index (κ2) is 37.4. The van der Waals surface area contributed by atoms with E-state index in [-0.39, 0.29) is 6.10 Å². The first-order valence-electron chi connectivity index (χ1n) is 18.0. The van der Waals surface area contributed by atoms with E-state index in [2.05, 4.69) is 20.8 Å². The molecular formula is C36H74O3. The highest BCUT2D eigenvalue weighted by atomic mass is 16.4. The molecule has 0 aromatic heterocycles. The number of carbonyl (C=O) groups is 1. The molecule has 0 aliphatic carbocycles. The minimum Gasteiger partial charge on any atom is -0.481 e. The average Bonchev–Trinajstić information content (AvgIpc) is 2.92. The summed E-state index contributed by atoms with van der Waals surface area (Å²) in [6, 6.07) is 0. The van der Waals surface area contributed by atoms with Gasteiger partial charge >= 0.3 is 5.97 Å². The summed E-state index contributed by atoms with van der Waals surface area (Å²) >= 11 is 0. The Morgan fingerprint density at radius 3 is 0.897 bits per heavy atom. The van der Waals surface area contributed by atoms with E-state index in [4.69, 9.17) is 5.11 Å². The molecule has 0 saturated carbocycles. The molecule has 0 amide bonds. The van der Waals surface area contributed by atoms with Crippen molar-refractivity contribution in [2.24, 2.45) is 0 Å². The van der Waals surface area contributed by atoms with E-state index in [0.29, 0.717) is 6.42 Å². The molecule has 1 atom stereocenters. The van der Waals surface area contributed by atoms with Crippen LogP contribution in [0.4, 0.5) is 0 Å². The molecule has 39 heavy (non-hydrogen) atoms. The highest BCUT2D eigenvalue weighted by Crippen LogP contribution is 2.15. The minimum absolute atomic E-state index is 0.0271. The maximum atomic E-state index is 10.3. The summed E-state index contributed by atoms with van der Waals surface area (Å²) in [5.74, 6) is -0.655. The Bertz CT molecular complexity index is 437. The van der Waals surface area contributed by atoms with Gasteiger partial charge in [-0.3, -0.25) is 4.79 Å². The van der Waals surface area contributed by atoms with Crippen LogP contribution in [0.5, 0.6) is 0 Å². The van der Waals surface area contributed by atoms with E-state index in [1.54, 1.807) is 0 Å². The summed E-state index contributed by atoms with van der Waals surface area (Å²) in [6.07, 6.45) is 39.6. The summed E-state index contributed by atoms with van der Waals surface area (Å²) < 4.78 is 0. The van der Waals surface area contributed by atoms with Gasteiger partial charge in [0.1, 0.15) is 0 Å². The molecule has 3 nitrogen and oxygen atoms in total. The number of carboxylic acid groups (broad SMARTS) is 1. The fraction of sp³-hybridized carbons (Fsp3) is 0.972. The van der Waals surface area contributed by atoms with Crippen LogP contribution in [-0.2, 0) is 4.79 Å². The number of hydrogen-bond acceptors (Lipinski definition) is 2. The molecule has 0 saturated heterocycles. The Morgan fingerprint density at radius 1 is 0.410 bits per heavy atom. The molecule has 2 N–H and O–H groups in total. The predicted octanol–water partition coefficient (Wildman–Crippen LogP) is 12.6. The van der Waals surface area contributed by atoms with E-state index in [0.717, 1.165) is 25.7 Å².